The molecule has 1 aromatic carbocycles. The fourth-order valence-electron chi connectivity index (χ4n) is 2.68. The molecule has 0 saturated carbocycles. The van der Waals surface area contributed by atoms with Crippen molar-refractivity contribution in [1.82, 2.24) is 10.2 Å². The number of nitrogens with one attached hydrogen (secondary N) is 1. The Morgan fingerprint density at radius 1 is 1.30 bits per heavy atom. The lowest BCUT2D eigenvalue weighted by molar-refractivity contribution is -0.135. The molecule has 1 N–H and O–H groups in total. The molecular formula is C17H17FN2O2S. The van der Waals surface area contributed by atoms with E-state index in [-0.39, 0.29) is 17.6 Å². The number of rotatable bonds is 5. The maximum absolute atomic E-state index is 12.9. The number of carbonyl (C=O) groups is 2. The molecule has 1 atom stereocenters. The summed E-state index contributed by atoms with van der Waals surface area (Å²) in [5, 5.41) is 4.80. The maximum Gasteiger partial charge on any atom is 0.243 e. The Kier molecular flexibility index (Phi) is 4.71. The smallest absolute Gasteiger partial charge is 0.243 e. The summed E-state index contributed by atoms with van der Waals surface area (Å²) in [7, 11) is 0. The molecule has 0 spiro atoms. The van der Waals surface area contributed by atoms with E-state index in [0.29, 0.717) is 25.9 Å². The van der Waals surface area contributed by atoms with Crippen LogP contribution in [0, 0.1) is 5.82 Å². The molecule has 3 rings (SSSR count). The lowest BCUT2D eigenvalue weighted by Gasteiger charge is -2.23. The predicted molar refractivity (Wildman–Crippen MR) is 86.1 cm³/mol. The summed E-state index contributed by atoms with van der Waals surface area (Å²) in [5.41, 5.74) is 0.828. The van der Waals surface area contributed by atoms with Gasteiger partial charge in [0.05, 0.1) is 6.54 Å². The monoisotopic (exact) mass is 332 g/mol. The number of hydrogen-bond donors (Lipinski definition) is 1. The van der Waals surface area contributed by atoms with Crippen LogP contribution in [-0.2, 0) is 22.7 Å². The van der Waals surface area contributed by atoms with Gasteiger partial charge in [0.15, 0.2) is 0 Å². The van der Waals surface area contributed by atoms with Gasteiger partial charge in [-0.15, -0.1) is 11.3 Å². The number of likely N-dealkylation sites (tertiary alicyclic amines) is 1. The van der Waals surface area contributed by atoms with Crippen LogP contribution < -0.4 is 5.32 Å². The Balaban J connectivity index is 1.61. The Morgan fingerprint density at radius 3 is 2.78 bits per heavy atom. The fraction of sp³-hybridized carbons (Fsp3) is 0.294. The van der Waals surface area contributed by atoms with Gasteiger partial charge < -0.3 is 10.2 Å². The minimum absolute atomic E-state index is 0.0142. The van der Waals surface area contributed by atoms with Gasteiger partial charge in [-0.05, 0) is 35.6 Å². The second kappa shape index (κ2) is 6.91. The fourth-order valence-corrected chi connectivity index (χ4v) is 3.39. The van der Waals surface area contributed by atoms with Crippen molar-refractivity contribution in [2.75, 3.05) is 0 Å². The second-order valence-electron chi connectivity index (χ2n) is 5.50. The van der Waals surface area contributed by atoms with Gasteiger partial charge in [0, 0.05) is 17.8 Å². The van der Waals surface area contributed by atoms with Gasteiger partial charge >= 0.3 is 0 Å². The quantitative estimate of drug-likeness (QED) is 0.915. The summed E-state index contributed by atoms with van der Waals surface area (Å²) in [5.74, 6) is -0.444. The summed E-state index contributed by atoms with van der Waals surface area (Å²) >= 11 is 1.58. The molecule has 1 aliphatic heterocycles. The van der Waals surface area contributed by atoms with Crippen LogP contribution in [-0.4, -0.2) is 22.8 Å². The summed E-state index contributed by atoms with van der Waals surface area (Å²) in [4.78, 5) is 27.1. The molecule has 1 fully saturated rings. The molecule has 23 heavy (non-hydrogen) atoms. The maximum atomic E-state index is 12.9. The Hall–Kier alpha value is -2.21. The van der Waals surface area contributed by atoms with Crippen molar-refractivity contribution in [1.29, 1.82) is 0 Å². The zero-order valence-electron chi connectivity index (χ0n) is 12.5. The van der Waals surface area contributed by atoms with E-state index < -0.39 is 6.04 Å². The Labute approximate surface area is 137 Å². The number of thiophene rings is 1. The van der Waals surface area contributed by atoms with Crippen LogP contribution in [0.4, 0.5) is 4.39 Å². The van der Waals surface area contributed by atoms with Crippen molar-refractivity contribution >= 4 is 23.2 Å². The molecule has 0 aliphatic carbocycles. The SMILES string of the molecule is O=C(NCc1ccc(F)cc1)[C@H]1CCC(=O)N1Cc1cccs1. The lowest BCUT2D eigenvalue weighted by Crippen LogP contribution is -2.43. The molecule has 1 aromatic heterocycles. The summed E-state index contributed by atoms with van der Waals surface area (Å²) in [6, 6.07) is 9.48. The van der Waals surface area contributed by atoms with E-state index in [1.165, 1.54) is 12.1 Å². The highest BCUT2D eigenvalue weighted by Crippen LogP contribution is 2.23. The summed E-state index contributed by atoms with van der Waals surface area (Å²) < 4.78 is 12.9. The average molecular weight is 332 g/mol. The van der Waals surface area contributed by atoms with Crippen LogP contribution in [0.3, 0.4) is 0 Å². The molecule has 2 aromatic rings. The lowest BCUT2D eigenvalue weighted by atomic mass is 10.2. The van der Waals surface area contributed by atoms with Crippen LogP contribution in [0.1, 0.15) is 23.3 Å². The van der Waals surface area contributed by atoms with Crippen LogP contribution in [0.5, 0.6) is 0 Å². The first-order valence-corrected chi connectivity index (χ1v) is 8.35. The number of halogens is 1. The summed E-state index contributed by atoms with van der Waals surface area (Å²) in [6.07, 6.45) is 0.944. The van der Waals surface area contributed by atoms with E-state index in [9.17, 15) is 14.0 Å². The molecule has 2 heterocycles. The first kappa shape index (κ1) is 15.7. The van der Waals surface area contributed by atoms with Crippen LogP contribution in [0.15, 0.2) is 41.8 Å². The van der Waals surface area contributed by atoms with E-state index in [4.69, 9.17) is 0 Å². The van der Waals surface area contributed by atoms with Crippen molar-refractivity contribution < 1.29 is 14.0 Å². The third kappa shape index (κ3) is 3.76. The number of hydrogen-bond acceptors (Lipinski definition) is 3. The first-order valence-electron chi connectivity index (χ1n) is 7.47. The van der Waals surface area contributed by atoms with Gasteiger partial charge in [-0.25, -0.2) is 4.39 Å². The van der Waals surface area contributed by atoms with Crippen molar-refractivity contribution in [3.63, 3.8) is 0 Å². The highest BCUT2D eigenvalue weighted by molar-refractivity contribution is 7.09. The number of nitrogens with zero attached hydrogens (tertiary/aromatic N) is 1. The summed E-state index contributed by atoms with van der Waals surface area (Å²) in [6.45, 7) is 0.807. The topological polar surface area (TPSA) is 49.4 Å². The van der Waals surface area contributed by atoms with Gasteiger partial charge in [0.25, 0.3) is 0 Å². The third-order valence-corrected chi connectivity index (χ3v) is 4.78. The largest absolute Gasteiger partial charge is 0.350 e. The number of amides is 2. The van der Waals surface area contributed by atoms with Crippen molar-refractivity contribution in [3.8, 4) is 0 Å². The van der Waals surface area contributed by atoms with Crippen LogP contribution in [0.25, 0.3) is 0 Å². The van der Waals surface area contributed by atoms with Crippen LogP contribution in [0.2, 0.25) is 0 Å². The molecule has 6 heteroatoms. The minimum atomic E-state index is -0.426. The first-order chi connectivity index (χ1) is 11.1. The molecule has 0 bridgehead atoms. The molecule has 1 aliphatic rings. The molecule has 2 amide bonds. The Morgan fingerprint density at radius 2 is 2.09 bits per heavy atom. The zero-order valence-corrected chi connectivity index (χ0v) is 13.3. The van der Waals surface area contributed by atoms with E-state index in [1.807, 2.05) is 17.5 Å². The molecular weight excluding hydrogens is 315 g/mol. The number of benzene rings is 1. The highest BCUT2D eigenvalue weighted by Gasteiger charge is 2.35. The molecule has 0 radical (unpaired) electrons. The zero-order chi connectivity index (χ0) is 16.2. The van der Waals surface area contributed by atoms with E-state index >= 15 is 0 Å². The van der Waals surface area contributed by atoms with Gasteiger partial charge in [-0.1, -0.05) is 18.2 Å². The van der Waals surface area contributed by atoms with Gasteiger partial charge in [-0.2, -0.15) is 0 Å². The third-order valence-electron chi connectivity index (χ3n) is 3.92. The second-order valence-corrected chi connectivity index (χ2v) is 6.53. The standard InChI is InChI=1S/C17H17FN2O2S/c18-13-5-3-12(4-6-13)10-19-17(22)15-7-8-16(21)20(15)11-14-2-1-9-23-14/h1-6,9,15H,7-8,10-11H2,(H,19,22)/t15-/m1/s1. The number of carbonyl (C=O) groups excluding carboxylic acids is 2. The van der Waals surface area contributed by atoms with Gasteiger partial charge in [0.2, 0.25) is 11.8 Å². The molecule has 120 valence electrons. The van der Waals surface area contributed by atoms with Crippen LogP contribution >= 0.6 is 11.3 Å². The van der Waals surface area contributed by atoms with E-state index in [2.05, 4.69) is 5.32 Å². The van der Waals surface area contributed by atoms with E-state index in [1.54, 1.807) is 28.4 Å². The van der Waals surface area contributed by atoms with Crippen molar-refractivity contribution in [2.24, 2.45) is 0 Å². The highest BCUT2D eigenvalue weighted by atomic mass is 32.1. The molecule has 1 saturated heterocycles. The van der Waals surface area contributed by atoms with E-state index in [0.717, 1.165) is 10.4 Å². The average Bonchev–Trinajstić information content (AvgIpc) is 3.18. The van der Waals surface area contributed by atoms with Crippen molar-refractivity contribution in [3.05, 3.63) is 58.0 Å². The Bertz CT molecular complexity index is 685. The predicted octanol–water partition coefficient (Wildman–Crippen LogP) is 2.69. The van der Waals surface area contributed by atoms with Crippen molar-refractivity contribution in [2.45, 2.75) is 32.0 Å². The molecule has 0 unspecified atom stereocenters. The molecule has 4 nitrogen and oxygen atoms in total. The van der Waals surface area contributed by atoms with Gasteiger partial charge in [-0.3, -0.25) is 9.59 Å². The normalized spacial score (nSPS) is 17.5. The minimum Gasteiger partial charge on any atom is -0.350 e. The van der Waals surface area contributed by atoms with Gasteiger partial charge in [0.1, 0.15) is 11.9 Å².